The molecule has 1 saturated heterocycles. The maximum absolute atomic E-state index is 12.8. The van der Waals surface area contributed by atoms with Crippen LogP contribution in [-0.2, 0) is 11.3 Å². The zero-order valence-electron chi connectivity index (χ0n) is 14.2. The van der Waals surface area contributed by atoms with E-state index in [1.807, 2.05) is 43.3 Å². The Labute approximate surface area is 146 Å². The van der Waals surface area contributed by atoms with Gasteiger partial charge in [-0.2, -0.15) is 0 Å². The zero-order chi connectivity index (χ0) is 17.2. The third kappa shape index (κ3) is 3.42. The molecule has 3 aromatic rings. The first-order valence-electron chi connectivity index (χ1n) is 8.65. The average Bonchev–Trinajstić information content (AvgIpc) is 3.21. The molecule has 1 aliphatic rings. The van der Waals surface area contributed by atoms with Gasteiger partial charge in [-0.3, -0.25) is 9.69 Å². The first-order chi connectivity index (χ1) is 12.2. The predicted octanol–water partition coefficient (Wildman–Crippen LogP) is 3.74. The van der Waals surface area contributed by atoms with E-state index in [9.17, 15) is 4.79 Å². The number of rotatable bonds is 4. The van der Waals surface area contributed by atoms with Crippen LogP contribution in [0, 0.1) is 6.92 Å². The highest BCUT2D eigenvalue weighted by Crippen LogP contribution is 2.23. The second kappa shape index (κ2) is 6.69. The summed E-state index contributed by atoms with van der Waals surface area (Å²) >= 11 is 0. The third-order valence-electron chi connectivity index (χ3n) is 4.66. The average molecular weight is 335 g/mol. The van der Waals surface area contributed by atoms with Crippen LogP contribution in [0.15, 0.2) is 52.9 Å². The molecule has 0 radical (unpaired) electrons. The summed E-state index contributed by atoms with van der Waals surface area (Å²) in [7, 11) is 0. The highest BCUT2D eigenvalue weighted by atomic mass is 16.3. The van der Waals surface area contributed by atoms with Crippen LogP contribution in [0.5, 0.6) is 0 Å². The van der Waals surface area contributed by atoms with Crippen molar-refractivity contribution >= 4 is 22.7 Å². The molecule has 25 heavy (non-hydrogen) atoms. The minimum absolute atomic E-state index is 0.0491. The lowest BCUT2D eigenvalue weighted by Gasteiger charge is -2.23. The lowest BCUT2D eigenvalue weighted by molar-refractivity contribution is -0.120. The fourth-order valence-corrected chi connectivity index (χ4v) is 3.48. The molecular weight excluding hydrogens is 314 g/mol. The van der Waals surface area contributed by atoms with Crippen LogP contribution in [0.25, 0.3) is 11.1 Å². The number of anilines is 1. The first kappa shape index (κ1) is 15.8. The molecular formula is C20H21N3O2. The number of aryl methyl sites for hydroxylation is 1. The third-order valence-corrected chi connectivity index (χ3v) is 4.66. The molecule has 2 heterocycles. The summed E-state index contributed by atoms with van der Waals surface area (Å²) in [6, 6.07) is 15.8. The van der Waals surface area contributed by atoms with Crippen LogP contribution in [-0.4, -0.2) is 28.4 Å². The largest absolute Gasteiger partial charge is 0.441 e. The van der Waals surface area contributed by atoms with Crippen molar-refractivity contribution in [1.29, 1.82) is 0 Å². The summed E-state index contributed by atoms with van der Waals surface area (Å²) < 4.78 is 5.48. The summed E-state index contributed by atoms with van der Waals surface area (Å²) in [5.41, 5.74) is 3.50. The number of fused-ring (bicyclic) bond motifs is 1. The lowest BCUT2D eigenvalue weighted by Crippen LogP contribution is -2.39. The van der Waals surface area contributed by atoms with Gasteiger partial charge < -0.3 is 9.73 Å². The van der Waals surface area contributed by atoms with Crippen molar-refractivity contribution in [1.82, 2.24) is 9.88 Å². The maximum Gasteiger partial charge on any atom is 0.241 e. The van der Waals surface area contributed by atoms with Gasteiger partial charge in [0.1, 0.15) is 5.52 Å². The molecule has 1 atom stereocenters. The Balaban J connectivity index is 1.47. The predicted molar refractivity (Wildman–Crippen MR) is 97.2 cm³/mol. The van der Waals surface area contributed by atoms with Gasteiger partial charge in [0.2, 0.25) is 5.91 Å². The van der Waals surface area contributed by atoms with Crippen LogP contribution in [0.4, 0.5) is 5.69 Å². The van der Waals surface area contributed by atoms with Crippen LogP contribution >= 0.6 is 0 Å². The molecule has 1 fully saturated rings. The molecule has 0 bridgehead atoms. The van der Waals surface area contributed by atoms with Gasteiger partial charge in [-0.15, -0.1) is 0 Å². The number of nitrogens with one attached hydrogen (secondary N) is 1. The fraction of sp³-hybridized carbons (Fsp3) is 0.300. The molecule has 0 spiro atoms. The standard InChI is InChI=1S/C20H21N3O2/c1-14-21-17-12-16(9-10-19(17)25-14)22-20(24)18-8-5-11-23(18)13-15-6-3-2-4-7-15/h2-4,6-7,9-10,12,18H,5,8,11,13H2,1H3,(H,22,24). The van der Waals surface area contributed by atoms with E-state index in [4.69, 9.17) is 4.42 Å². The Morgan fingerprint density at radius 1 is 1.28 bits per heavy atom. The summed E-state index contributed by atoms with van der Waals surface area (Å²) in [5, 5.41) is 3.04. The van der Waals surface area contributed by atoms with Crippen molar-refractivity contribution in [3.05, 3.63) is 60.0 Å². The van der Waals surface area contributed by atoms with Gasteiger partial charge in [-0.05, 0) is 43.1 Å². The van der Waals surface area contributed by atoms with Crippen molar-refractivity contribution < 1.29 is 9.21 Å². The number of carbonyl (C=O) groups excluding carboxylic acids is 1. The molecule has 1 aliphatic heterocycles. The number of oxazole rings is 1. The maximum atomic E-state index is 12.8. The number of amides is 1. The van der Waals surface area contributed by atoms with E-state index in [-0.39, 0.29) is 11.9 Å². The van der Waals surface area contributed by atoms with E-state index >= 15 is 0 Å². The molecule has 1 aromatic heterocycles. The smallest absolute Gasteiger partial charge is 0.241 e. The number of carbonyl (C=O) groups is 1. The summed E-state index contributed by atoms with van der Waals surface area (Å²) in [6.07, 6.45) is 1.94. The van der Waals surface area contributed by atoms with Crippen molar-refractivity contribution in [2.24, 2.45) is 0 Å². The summed E-state index contributed by atoms with van der Waals surface area (Å²) in [4.78, 5) is 19.3. The van der Waals surface area contributed by atoms with Gasteiger partial charge in [-0.1, -0.05) is 30.3 Å². The molecule has 1 N–H and O–H groups in total. The highest BCUT2D eigenvalue weighted by Gasteiger charge is 2.30. The summed E-state index contributed by atoms with van der Waals surface area (Å²) in [6.45, 7) is 3.58. The Morgan fingerprint density at radius 2 is 2.12 bits per heavy atom. The van der Waals surface area contributed by atoms with Gasteiger partial charge in [0.15, 0.2) is 11.5 Å². The first-order valence-corrected chi connectivity index (χ1v) is 8.65. The molecule has 2 aromatic carbocycles. The number of likely N-dealkylation sites (tertiary alicyclic amines) is 1. The Hall–Kier alpha value is -2.66. The number of nitrogens with zero attached hydrogens (tertiary/aromatic N) is 2. The van der Waals surface area contributed by atoms with E-state index in [1.54, 1.807) is 0 Å². The molecule has 5 heteroatoms. The topological polar surface area (TPSA) is 58.4 Å². The summed E-state index contributed by atoms with van der Waals surface area (Å²) in [5.74, 6) is 0.677. The SMILES string of the molecule is Cc1nc2cc(NC(=O)C3CCCN3Cc3ccccc3)ccc2o1. The van der Waals surface area contributed by atoms with E-state index in [2.05, 4.69) is 27.3 Å². The van der Waals surface area contributed by atoms with Gasteiger partial charge >= 0.3 is 0 Å². The molecule has 5 nitrogen and oxygen atoms in total. The van der Waals surface area contributed by atoms with Gasteiger partial charge in [0.05, 0.1) is 6.04 Å². The van der Waals surface area contributed by atoms with E-state index in [0.29, 0.717) is 5.89 Å². The number of aromatic nitrogens is 1. The quantitative estimate of drug-likeness (QED) is 0.789. The van der Waals surface area contributed by atoms with Gasteiger partial charge in [-0.25, -0.2) is 4.98 Å². The van der Waals surface area contributed by atoms with E-state index in [1.165, 1.54) is 5.56 Å². The van der Waals surface area contributed by atoms with Crippen molar-refractivity contribution in [3.63, 3.8) is 0 Å². The normalized spacial score (nSPS) is 17.9. The van der Waals surface area contributed by atoms with Gasteiger partial charge in [0.25, 0.3) is 0 Å². The minimum Gasteiger partial charge on any atom is -0.441 e. The van der Waals surface area contributed by atoms with Crippen LogP contribution in [0.3, 0.4) is 0 Å². The van der Waals surface area contributed by atoms with Crippen LogP contribution < -0.4 is 5.32 Å². The van der Waals surface area contributed by atoms with Gasteiger partial charge in [0, 0.05) is 19.2 Å². The van der Waals surface area contributed by atoms with Crippen molar-refractivity contribution in [2.75, 3.05) is 11.9 Å². The number of hydrogen-bond acceptors (Lipinski definition) is 4. The lowest BCUT2D eigenvalue weighted by atomic mass is 10.1. The number of hydrogen-bond donors (Lipinski definition) is 1. The Morgan fingerprint density at radius 3 is 2.96 bits per heavy atom. The Bertz CT molecular complexity index is 888. The van der Waals surface area contributed by atoms with Crippen molar-refractivity contribution in [3.8, 4) is 0 Å². The zero-order valence-corrected chi connectivity index (χ0v) is 14.2. The van der Waals surface area contributed by atoms with Crippen LogP contribution in [0.1, 0.15) is 24.3 Å². The van der Waals surface area contributed by atoms with Crippen molar-refractivity contribution in [2.45, 2.75) is 32.4 Å². The Kier molecular flexibility index (Phi) is 4.24. The second-order valence-corrected chi connectivity index (χ2v) is 6.52. The van der Waals surface area contributed by atoms with E-state index in [0.717, 1.165) is 42.7 Å². The minimum atomic E-state index is -0.0880. The molecule has 1 unspecified atom stereocenters. The fourth-order valence-electron chi connectivity index (χ4n) is 3.48. The van der Waals surface area contributed by atoms with Crippen LogP contribution in [0.2, 0.25) is 0 Å². The molecule has 0 saturated carbocycles. The monoisotopic (exact) mass is 335 g/mol. The molecule has 1 amide bonds. The molecule has 0 aliphatic carbocycles. The molecule has 128 valence electrons. The highest BCUT2D eigenvalue weighted by molar-refractivity contribution is 5.96. The number of benzene rings is 2. The van der Waals surface area contributed by atoms with E-state index < -0.39 is 0 Å². The second-order valence-electron chi connectivity index (χ2n) is 6.52. The molecule has 4 rings (SSSR count).